The van der Waals surface area contributed by atoms with Crippen molar-refractivity contribution in [3.8, 4) is 0 Å². The van der Waals surface area contributed by atoms with Gasteiger partial charge < -0.3 is 4.90 Å². The Hall–Kier alpha value is -1.05. The van der Waals surface area contributed by atoms with Crippen LogP contribution in [0.2, 0.25) is 0 Å². The van der Waals surface area contributed by atoms with E-state index < -0.39 is 0 Å². The van der Waals surface area contributed by atoms with Crippen molar-refractivity contribution in [2.75, 3.05) is 18.5 Å². The van der Waals surface area contributed by atoms with E-state index in [2.05, 4.69) is 6.92 Å². The highest BCUT2D eigenvalue weighted by molar-refractivity contribution is 5.45. The van der Waals surface area contributed by atoms with Crippen LogP contribution in [0, 0.1) is 5.82 Å². The summed E-state index contributed by atoms with van der Waals surface area (Å²) in [6, 6.07) is 6.66. The van der Waals surface area contributed by atoms with Gasteiger partial charge in [-0.3, -0.25) is 0 Å². The Kier molecular flexibility index (Phi) is 3.09. The fourth-order valence-corrected chi connectivity index (χ4v) is 1.18. The quantitative estimate of drug-likeness (QED) is 0.669. The van der Waals surface area contributed by atoms with Gasteiger partial charge in [-0.1, -0.05) is 13.0 Å². The number of benzene rings is 1. The first-order valence-corrected chi connectivity index (χ1v) is 4.20. The van der Waals surface area contributed by atoms with Crippen LogP contribution in [0.3, 0.4) is 0 Å². The number of nitrogens with zero attached hydrogens (tertiary/aromatic N) is 1. The van der Waals surface area contributed by atoms with Gasteiger partial charge in [-0.15, -0.1) is 0 Å². The largest absolute Gasteiger partial charge is 0.375 e. The first-order chi connectivity index (χ1) is 5.74. The predicted molar refractivity (Wildman–Crippen MR) is 50.0 cm³/mol. The van der Waals surface area contributed by atoms with Gasteiger partial charge in [0.05, 0.1) is 0 Å². The third-order valence-corrected chi connectivity index (χ3v) is 1.81. The summed E-state index contributed by atoms with van der Waals surface area (Å²) in [4.78, 5) is 2.04. The molecule has 0 saturated carbocycles. The number of hydrogen-bond acceptors (Lipinski definition) is 1. The average Bonchev–Trinajstić information content (AvgIpc) is 2.05. The summed E-state index contributed by atoms with van der Waals surface area (Å²) in [5.74, 6) is -0.171. The number of halogens is 1. The molecule has 1 aromatic carbocycles. The molecule has 0 spiro atoms. The smallest absolute Gasteiger partial charge is 0.125 e. The third-order valence-electron chi connectivity index (χ3n) is 1.81. The van der Waals surface area contributed by atoms with Gasteiger partial charge in [-0.25, -0.2) is 4.39 Å². The molecule has 0 fully saturated rings. The van der Waals surface area contributed by atoms with Crippen molar-refractivity contribution in [2.45, 2.75) is 13.3 Å². The second-order valence-corrected chi connectivity index (χ2v) is 2.90. The van der Waals surface area contributed by atoms with E-state index in [1.165, 1.54) is 6.07 Å². The lowest BCUT2D eigenvalue weighted by molar-refractivity contribution is 0.627. The Morgan fingerprint density at radius 1 is 1.42 bits per heavy atom. The molecule has 0 unspecified atom stereocenters. The lowest BCUT2D eigenvalue weighted by Crippen LogP contribution is -2.17. The fraction of sp³-hybridized carbons (Fsp3) is 0.400. The van der Waals surface area contributed by atoms with Gasteiger partial charge in [0.2, 0.25) is 0 Å². The van der Waals surface area contributed by atoms with E-state index in [9.17, 15) is 4.39 Å². The molecule has 1 nitrogen and oxygen atoms in total. The Labute approximate surface area is 72.8 Å². The second-order valence-electron chi connectivity index (χ2n) is 2.90. The van der Waals surface area contributed by atoms with Crippen LogP contribution in [0.5, 0.6) is 0 Å². The van der Waals surface area contributed by atoms with Crippen LogP contribution in [-0.4, -0.2) is 13.6 Å². The van der Waals surface area contributed by atoms with Crippen LogP contribution in [-0.2, 0) is 0 Å². The molecular weight excluding hydrogens is 153 g/mol. The average molecular weight is 167 g/mol. The molecule has 0 bridgehead atoms. The number of anilines is 1. The minimum atomic E-state index is -0.171. The van der Waals surface area contributed by atoms with Crippen LogP contribution in [0.1, 0.15) is 13.3 Å². The van der Waals surface area contributed by atoms with Crippen molar-refractivity contribution < 1.29 is 4.39 Å². The van der Waals surface area contributed by atoms with Gasteiger partial charge in [0.25, 0.3) is 0 Å². The lowest BCUT2D eigenvalue weighted by Gasteiger charge is -2.17. The highest BCUT2D eigenvalue weighted by Crippen LogP contribution is 2.13. The van der Waals surface area contributed by atoms with Crippen LogP contribution < -0.4 is 4.90 Å². The Morgan fingerprint density at radius 2 is 2.17 bits per heavy atom. The fourth-order valence-electron chi connectivity index (χ4n) is 1.18. The molecular formula is C10H14FN. The zero-order valence-electron chi connectivity index (χ0n) is 7.55. The van der Waals surface area contributed by atoms with E-state index in [-0.39, 0.29) is 5.82 Å². The highest BCUT2D eigenvalue weighted by atomic mass is 19.1. The zero-order chi connectivity index (χ0) is 8.97. The molecule has 0 aliphatic rings. The molecule has 0 amide bonds. The maximum Gasteiger partial charge on any atom is 0.125 e. The summed E-state index contributed by atoms with van der Waals surface area (Å²) in [7, 11) is 1.97. The summed E-state index contributed by atoms with van der Waals surface area (Å²) in [6.07, 6.45) is 1.08. The van der Waals surface area contributed by atoms with Gasteiger partial charge in [0.1, 0.15) is 5.82 Å². The van der Waals surface area contributed by atoms with Crippen molar-refractivity contribution in [2.24, 2.45) is 0 Å². The van der Waals surface area contributed by atoms with Crippen molar-refractivity contribution in [3.05, 3.63) is 30.1 Å². The molecule has 0 aliphatic carbocycles. The predicted octanol–water partition coefficient (Wildman–Crippen LogP) is 2.67. The molecule has 0 N–H and O–H groups in total. The molecule has 0 saturated heterocycles. The Balaban J connectivity index is 2.73. The van der Waals surface area contributed by atoms with E-state index >= 15 is 0 Å². The molecule has 0 aliphatic heterocycles. The van der Waals surface area contributed by atoms with E-state index in [0.29, 0.717) is 0 Å². The van der Waals surface area contributed by atoms with Crippen molar-refractivity contribution in [1.82, 2.24) is 0 Å². The minimum Gasteiger partial charge on any atom is -0.375 e. The molecule has 66 valence electrons. The summed E-state index contributed by atoms with van der Waals surface area (Å²) in [6.45, 7) is 3.07. The Morgan fingerprint density at radius 3 is 2.75 bits per heavy atom. The lowest BCUT2D eigenvalue weighted by atomic mass is 10.3. The van der Waals surface area contributed by atoms with Gasteiger partial charge >= 0.3 is 0 Å². The Bertz CT molecular complexity index is 247. The summed E-state index contributed by atoms with van der Waals surface area (Å²) >= 11 is 0. The standard InChI is InChI=1S/C10H14FN/c1-3-7-12(2)10-6-4-5-9(11)8-10/h4-6,8H,3,7H2,1-2H3. The van der Waals surface area contributed by atoms with Gasteiger partial charge in [0, 0.05) is 19.3 Å². The van der Waals surface area contributed by atoms with Gasteiger partial charge in [-0.2, -0.15) is 0 Å². The van der Waals surface area contributed by atoms with E-state index in [1.807, 2.05) is 18.0 Å². The highest BCUT2D eigenvalue weighted by Gasteiger charge is 1.99. The summed E-state index contributed by atoms with van der Waals surface area (Å²) in [5, 5.41) is 0. The number of rotatable bonds is 3. The first-order valence-electron chi connectivity index (χ1n) is 4.20. The first kappa shape index (κ1) is 9.04. The summed E-state index contributed by atoms with van der Waals surface area (Å²) in [5.41, 5.74) is 0.942. The molecule has 1 aromatic rings. The maximum atomic E-state index is 12.7. The minimum absolute atomic E-state index is 0.171. The summed E-state index contributed by atoms with van der Waals surface area (Å²) < 4.78 is 12.7. The van der Waals surface area contributed by atoms with E-state index in [1.54, 1.807) is 12.1 Å². The van der Waals surface area contributed by atoms with E-state index in [0.717, 1.165) is 18.7 Å². The van der Waals surface area contributed by atoms with E-state index in [4.69, 9.17) is 0 Å². The molecule has 0 radical (unpaired) electrons. The van der Waals surface area contributed by atoms with Crippen molar-refractivity contribution >= 4 is 5.69 Å². The molecule has 2 heteroatoms. The normalized spacial score (nSPS) is 9.92. The monoisotopic (exact) mass is 167 g/mol. The van der Waals surface area contributed by atoms with Crippen molar-refractivity contribution in [1.29, 1.82) is 0 Å². The third kappa shape index (κ3) is 2.22. The molecule has 0 heterocycles. The maximum absolute atomic E-state index is 12.7. The molecule has 0 atom stereocenters. The second kappa shape index (κ2) is 4.10. The topological polar surface area (TPSA) is 3.24 Å². The zero-order valence-corrected chi connectivity index (χ0v) is 7.55. The van der Waals surface area contributed by atoms with Gasteiger partial charge in [0.15, 0.2) is 0 Å². The van der Waals surface area contributed by atoms with Crippen LogP contribution in [0.4, 0.5) is 10.1 Å². The molecule has 12 heavy (non-hydrogen) atoms. The molecule has 0 aromatic heterocycles. The van der Waals surface area contributed by atoms with Crippen LogP contribution >= 0.6 is 0 Å². The van der Waals surface area contributed by atoms with Crippen LogP contribution in [0.25, 0.3) is 0 Å². The number of hydrogen-bond donors (Lipinski definition) is 0. The SMILES string of the molecule is CCCN(C)c1cccc(F)c1. The van der Waals surface area contributed by atoms with Gasteiger partial charge in [-0.05, 0) is 24.6 Å². The van der Waals surface area contributed by atoms with Crippen LogP contribution in [0.15, 0.2) is 24.3 Å². The van der Waals surface area contributed by atoms with Crippen molar-refractivity contribution in [3.63, 3.8) is 0 Å². The molecule has 1 rings (SSSR count).